The number of nitrogens with one attached hydrogen (secondary N) is 1. The van der Waals surface area contributed by atoms with Crippen LogP contribution in [-0.2, 0) is 26.6 Å². The third-order valence-electron chi connectivity index (χ3n) is 8.80. The van der Waals surface area contributed by atoms with Crippen molar-refractivity contribution in [2.24, 2.45) is 5.92 Å². The van der Waals surface area contributed by atoms with Gasteiger partial charge in [-0.25, -0.2) is 13.1 Å². The molecule has 1 spiro atoms. The van der Waals surface area contributed by atoms with E-state index >= 15 is 0 Å². The summed E-state index contributed by atoms with van der Waals surface area (Å²) in [4.78, 5) is 14.4. The minimum Gasteiger partial charge on any atom is -0.490 e. The first kappa shape index (κ1) is 26.6. The average Bonchev–Trinajstić information content (AvgIpc) is 3.07. The van der Waals surface area contributed by atoms with E-state index in [1.54, 1.807) is 18.2 Å². The smallest absolute Gasteiger partial charge is 0.265 e. The SMILES string of the molecule is O=C1NS(=O)(=O)/C=C\COC[C@@H](O)[C@@]2(Cl)CC[C@@H]2CN2C[C@@]3(CCCc4ccccc43)COc3ccc1cc32. The van der Waals surface area contributed by atoms with Crippen molar-refractivity contribution in [3.63, 3.8) is 0 Å². The molecule has 208 valence electrons. The number of carbonyl (C=O) groups excluding carboxylic acids is 1. The van der Waals surface area contributed by atoms with Gasteiger partial charge in [0.25, 0.3) is 15.9 Å². The Morgan fingerprint density at radius 3 is 2.82 bits per heavy atom. The molecule has 2 aromatic carbocycles. The van der Waals surface area contributed by atoms with E-state index in [-0.39, 0.29) is 30.1 Å². The number of halogens is 1. The van der Waals surface area contributed by atoms with Crippen LogP contribution in [0.1, 0.15) is 47.2 Å². The van der Waals surface area contributed by atoms with Crippen molar-refractivity contribution < 1.29 is 27.8 Å². The zero-order chi connectivity index (χ0) is 27.3. The first-order valence-corrected chi connectivity index (χ1v) is 15.4. The van der Waals surface area contributed by atoms with Crippen molar-refractivity contribution in [2.45, 2.75) is 48.5 Å². The van der Waals surface area contributed by atoms with Crippen LogP contribution in [0.2, 0.25) is 0 Å². The number of hydrogen-bond donors (Lipinski definition) is 2. The van der Waals surface area contributed by atoms with Crippen LogP contribution in [0.5, 0.6) is 5.75 Å². The highest BCUT2D eigenvalue weighted by Crippen LogP contribution is 2.50. The van der Waals surface area contributed by atoms with E-state index in [0.29, 0.717) is 31.9 Å². The Labute approximate surface area is 234 Å². The lowest BCUT2D eigenvalue weighted by atomic mass is 9.68. The van der Waals surface area contributed by atoms with Crippen molar-refractivity contribution in [2.75, 3.05) is 37.8 Å². The van der Waals surface area contributed by atoms with Crippen molar-refractivity contribution in [3.8, 4) is 5.75 Å². The molecule has 1 saturated carbocycles. The largest absolute Gasteiger partial charge is 0.490 e. The van der Waals surface area contributed by atoms with Crippen molar-refractivity contribution >= 4 is 33.2 Å². The van der Waals surface area contributed by atoms with Gasteiger partial charge in [0.2, 0.25) is 0 Å². The number of rotatable bonds is 0. The second-order valence-corrected chi connectivity index (χ2v) is 13.5. The fourth-order valence-corrected chi connectivity index (χ4v) is 7.70. The summed E-state index contributed by atoms with van der Waals surface area (Å²) in [6.45, 7) is 1.65. The second-order valence-electron chi connectivity index (χ2n) is 11.2. The summed E-state index contributed by atoms with van der Waals surface area (Å²) in [6.07, 6.45) is 4.92. The highest BCUT2D eigenvalue weighted by molar-refractivity contribution is 7.92. The quantitative estimate of drug-likeness (QED) is 0.465. The topological polar surface area (TPSA) is 105 Å². The number of sulfonamides is 1. The molecule has 0 saturated heterocycles. The Hall–Kier alpha value is -2.59. The van der Waals surface area contributed by atoms with Gasteiger partial charge in [-0.1, -0.05) is 24.3 Å². The van der Waals surface area contributed by atoms with E-state index in [2.05, 4.69) is 33.9 Å². The summed E-state index contributed by atoms with van der Waals surface area (Å²) in [6, 6.07) is 13.6. The molecule has 2 aliphatic carbocycles. The number of nitrogens with zero attached hydrogens (tertiary/aromatic N) is 1. The maximum atomic E-state index is 13.0. The lowest BCUT2D eigenvalue weighted by Gasteiger charge is -2.50. The van der Waals surface area contributed by atoms with Crippen LogP contribution in [0.25, 0.3) is 0 Å². The molecule has 0 radical (unpaired) electrons. The highest BCUT2D eigenvalue weighted by atomic mass is 35.5. The number of aryl methyl sites for hydroxylation is 1. The van der Waals surface area contributed by atoms with Crippen molar-refractivity contribution in [1.29, 1.82) is 0 Å². The number of amides is 1. The number of aliphatic hydroxyl groups excluding tert-OH is 1. The molecule has 1 fully saturated rings. The number of alkyl halides is 1. The molecular weight excluding hydrogens is 540 g/mol. The summed E-state index contributed by atoms with van der Waals surface area (Å²) in [7, 11) is -4.03. The third kappa shape index (κ3) is 4.94. The van der Waals surface area contributed by atoms with Crippen LogP contribution in [0.15, 0.2) is 53.9 Å². The average molecular weight is 573 g/mol. The zero-order valence-electron chi connectivity index (χ0n) is 21.6. The fraction of sp³-hybridized carbons (Fsp3) is 0.483. The number of benzene rings is 2. The van der Waals surface area contributed by atoms with Gasteiger partial charge in [0, 0.05) is 29.5 Å². The van der Waals surface area contributed by atoms with Crippen LogP contribution in [0, 0.1) is 5.92 Å². The maximum Gasteiger partial charge on any atom is 0.265 e. The van der Waals surface area contributed by atoms with Crippen LogP contribution in [0.4, 0.5) is 5.69 Å². The van der Waals surface area contributed by atoms with Gasteiger partial charge in [0.1, 0.15) is 5.75 Å². The van der Waals surface area contributed by atoms with Gasteiger partial charge in [0.15, 0.2) is 0 Å². The van der Waals surface area contributed by atoms with E-state index < -0.39 is 26.9 Å². The lowest BCUT2D eigenvalue weighted by Crippen LogP contribution is -2.58. The first-order valence-electron chi connectivity index (χ1n) is 13.5. The summed E-state index contributed by atoms with van der Waals surface area (Å²) in [5.41, 5.74) is 3.29. The molecule has 2 heterocycles. The molecule has 2 aromatic rings. The van der Waals surface area contributed by atoms with E-state index in [4.69, 9.17) is 21.1 Å². The predicted molar refractivity (Wildman–Crippen MR) is 149 cm³/mol. The molecule has 2 bridgehead atoms. The van der Waals surface area contributed by atoms with E-state index in [1.165, 1.54) is 17.2 Å². The summed E-state index contributed by atoms with van der Waals surface area (Å²) >= 11 is 7.05. The Balaban J connectivity index is 1.43. The number of anilines is 1. The first-order chi connectivity index (χ1) is 18.7. The van der Waals surface area contributed by atoms with Crippen LogP contribution >= 0.6 is 11.6 Å². The van der Waals surface area contributed by atoms with Crippen LogP contribution in [0.3, 0.4) is 0 Å². The summed E-state index contributed by atoms with van der Waals surface area (Å²) in [5.74, 6) is -0.0947. The van der Waals surface area contributed by atoms with Gasteiger partial charge in [-0.3, -0.25) is 4.79 Å². The number of hydrogen-bond acceptors (Lipinski definition) is 7. The van der Waals surface area contributed by atoms with E-state index in [1.807, 2.05) is 0 Å². The van der Waals surface area contributed by atoms with E-state index in [9.17, 15) is 18.3 Å². The van der Waals surface area contributed by atoms with Crippen LogP contribution < -0.4 is 14.4 Å². The van der Waals surface area contributed by atoms with Crippen molar-refractivity contribution in [3.05, 3.63) is 70.6 Å². The van der Waals surface area contributed by atoms with E-state index in [0.717, 1.165) is 36.8 Å². The Kier molecular flexibility index (Phi) is 6.90. The normalized spacial score (nSPS) is 33.0. The minimum absolute atomic E-state index is 0.0130. The Morgan fingerprint density at radius 2 is 2.00 bits per heavy atom. The number of carbonyl (C=O) groups is 1. The van der Waals surface area contributed by atoms with Gasteiger partial charge in [0.05, 0.1) is 36.5 Å². The minimum atomic E-state index is -4.03. The molecule has 2 aliphatic heterocycles. The summed E-state index contributed by atoms with van der Waals surface area (Å²) < 4.78 is 39.1. The van der Waals surface area contributed by atoms with Gasteiger partial charge < -0.3 is 19.5 Å². The highest BCUT2D eigenvalue weighted by Gasteiger charge is 2.52. The molecule has 6 rings (SSSR count). The predicted octanol–water partition coefficient (Wildman–Crippen LogP) is 3.51. The second kappa shape index (κ2) is 10.1. The molecule has 1 amide bonds. The van der Waals surface area contributed by atoms with Gasteiger partial charge in [-0.05, 0) is 73.4 Å². The van der Waals surface area contributed by atoms with Crippen LogP contribution in [-0.4, -0.2) is 63.3 Å². The van der Waals surface area contributed by atoms with Crippen molar-refractivity contribution in [1.82, 2.24) is 4.72 Å². The Bertz CT molecular complexity index is 1410. The summed E-state index contributed by atoms with van der Waals surface area (Å²) in [5, 5.41) is 11.9. The number of ether oxygens (including phenoxy) is 2. The molecular formula is C29H33ClN2O6S. The molecule has 0 unspecified atom stereocenters. The molecule has 2 N–H and O–H groups in total. The molecule has 4 aliphatic rings. The molecule has 8 nitrogen and oxygen atoms in total. The Morgan fingerprint density at radius 1 is 1.15 bits per heavy atom. The van der Waals surface area contributed by atoms with Gasteiger partial charge in [-0.2, -0.15) is 0 Å². The van der Waals surface area contributed by atoms with Gasteiger partial charge >= 0.3 is 0 Å². The zero-order valence-corrected chi connectivity index (χ0v) is 23.2. The lowest BCUT2D eigenvalue weighted by molar-refractivity contribution is -0.0206. The molecule has 39 heavy (non-hydrogen) atoms. The van der Waals surface area contributed by atoms with Gasteiger partial charge in [-0.15, -0.1) is 11.6 Å². The molecule has 4 atom stereocenters. The number of aliphatic hydroxyl groups is 1. The number of fused-ring (bicyclic) bond motifs is 4. The monoisotopic (exact) mass is 572 g/mol. The third-order valence-corrected chi connectivity index (χ3v) is 10.6. The maximum absolute atomic E-state index is 13.0. The molecule has 0 aromatic heterocycles. The fourth-order valence-electron chi connectivity index (χ4n) is 6.57. The molecule has 10 heteroatoms. The standard InChI is InChI=1S/C29H33ClN2O6S/c30-29-12-10-22(29)16-32-18-28(11-3-6-20-5-1-2-7-23(20)28)19-38-25-9-8-21(15-24(25)32)27(34)31-39(35,36)14-4-13-37-17-26(29)33/h1-2,4-5,7-9,14-15,22,26,33H,3,6,10-13,16-19H2,(H,31,34)/b14-4-/t22-,26-,28+,29-/m1/s1.